The van der Waals surface area contributed by atoms with E-state index in [9.17, 15) is 0 Å². The first-order valence-corrected chi connectivity index (χ1v) is 9.21. The highest BCUT2D eigenvalue weighted by molar-refractivity contribution is 6.33. The van der Waals surface area contributed by atoms with E-state index in [-0.39, 0.29) is 5.41 Å². The SMILES string of the molecule is [B]c1ccc2c(c1)-c1cc([B])ccc1C21c2ccccc2-c2ccccc21. The fraction of sp³-hybridized carbons (Fsp3) is 0.0400. The Labute approximate surface area is 161 Å². The number of hydrogen-bond acceptors (Lipinski definition) is 0. The van der Waals surface area contributed by atoms with Gasteiger partial charge in [-0.2, -0.15) is 0 Å². The van der Waals surface area contributed by atoms with Crippen molar-refractivity contribution in [3.05, 3.63) is 107 Å². The van der Waals surface area contributed by atoms with Crippen LogP contribution in [0.25, 0.3) is 22.3 Å². The summed E-state index contributed by atoms with van der Waals surface area (Å²) in [5.74, 6) is 0. The van der Waals surface area contributed by atoms with Crippen LogP contribution >= 0.6 is 0 Å². The number of hydrogen-bond donors (Lipinski definition) is 0. The molecule has 0 unspecified atom stereocenters. The average Bonchev–Trinajstić information content (AvgIpc) is 3.14. The van der Waals surface area contributed by atoms with Crippen LogP contribution in [0.5, 0.6) is 0 Å². The summed E-state index contributed by atoms with van der Waals surface area (Å²) in [5.41, 5.74) is 11.5. The van der Waals surface area contributed by atoms with Crippen LogP contribution in [0.4, 0.5) is 0 Å². The highest BCUT2D eigenvalue weighted by Crippen LogP contribution is 2.62. The third kappa shape index (κ3) is 1.71. The molecular formula is C25H14B2. The number of rotatable bonds is 0. The molecule has 0 bridgehead atoms. The second kappa shape index (κ2) is 5.04. The molecule has 2 aliphatic carbocycles. The van der Waals surface area contributed by atoms with Gasteiger partial charge in [0, 0.05) is 0 Å². The van der Waals surface area contributed by atoms with Crippen molar-refractivity contribution in [2.45, 2.75) is 5.41 Å². The van der Waals surface area contributed by atoms with E-state index in [4.69, 9.17) is 15.7 Å². The predicted molar refractivity (Wildman–Crippen MR) is 114 cm³/mol. The fourth-order valence-electron chi connectivity index (χ4n) is 5.18. The number of benzene rings is 4. The lowest BCUT2D eigenvalue weighted by Gasteiger charge is -2.30. The minimum absolute atomic E-state index is 0.306. The molecule has 0 fully saturated rings. The van der Waals surface area contributed by atoms with Crippen LogP contribution in [0.1, 0.15) is 22.3 Å². The van der Waals surface area contributed by atoms with E-state index < -0.39 is 0 Å². The molecule has 2 aliphatic rings. The summed E-state index contributed by atoms with van der Waals surface area (Å²) in [6.45, 7) is 0. The Morgan fingerprint density at radius 1 is 0.444 bits per heavy atom. The van der Waals surface area contributed by atoms with Gasteiger partial charge in [0.2, 0.25) is 0 Å². The van der Waals surface area contributed by atoms with Crippen LogP contribution < -0.4 is 10.9 Å². The molecule has 0 saturated carbocycles. The minimum Gasteiger partial charge on any atom is -0.0960 e. The third-order valence-corrected chi connectivity index (χ3v) is 6.14. The van der Waals surface area contributed by atoms with E-state index in [1.165, 1.54) is 44.5 Å². The van der Waals surface area contributed by atoms with E-state index in [1.807, 2.05) is 12.1 Å². The van der Waals surface area contributed by atoms with Gasteiger partial charge in [-0.25, -0.2) is 0 Å². The molecular weight excluding hydrogens is 322 g/mol. The quantitative estimate of drug-likeness (QED) is 0.372. The van der Waals surface area contributed by atoms with Gasteiger partial charge in [0.25, 0.3) is 0 Å². The maximum absolute atomic E-state index is 6.17. The molecule has 0 atom stereocenters. The molecule has 0 N–H and O–H groups in total. The van der Waals surface area contributed by atoms with Crippen molar-refractivity contribution in [3.63, 3.8) is 0 Å². The summed E-state index contributed by atoms with van der Waals surface area (Å²) in [4.78, 5) is 0. The van der Waals surface area contributed by atoms with Gasteiger partial charge in [0.05, 0.1) is 5.41 Å². The molecule has 4 aromatic rings. The standard InChI is InChI=1S/C25H14B2/c26-15-9-11-23-19(13-15)20-14-16(27)10-12-24(20)25(23)21-7-3-1-5-17(21)18-6-2-4-8-22(18)25/h1-14H. The summed E-state index contributed by atoms with van der Waals surface area (Å²) in [6.07, 6.45) is 0. The van der Waals surface area contributed by atoms with Gasteiger partial charge in [-0.05, 0) is 44.5 Å². The van der Waals surface area contributed by atoms with Crippen molar-refractivity contribution >= 4 is 26.6 Å². The zero-order chi connectivity index (χ0) is 18.2. The van der Waals surface area contributed by atoms with Gasteiger partial charge >= 0.3 is 0 Å². The van der Waals surface area contributed by atoms with E-state index in [1.54, 1.807) is 0 Å². The van der Waals surface area contributed by atoms with Gasteiger partial charge in [-0.1, -0.05) is 95.9 Å². The summed E-state index contributed by atoms with van der Waals surface area (Å²) >= 11 is 0. The summed E-state index contributed by atoms with van der Waals surface area (Å²) in [6, 6.07) is 30.1. The van der Waals surface area contributed by atoms with Gasteiger partial charge in [0.1, 0.15) is 15.7 Å². The van der Waals surface area contributed by atoms with Gasteiger partial charge in [-0.15, -0.1) is 0 Å². The molecule has 4 radical (unpaired) electrons. The van der Waals surface area contributed by atoms with Crippen LogP contribution in [-0.2, 0) is 5.41 Å². The first-order chi connectivity index (χ1) is 13.2. The van der Waals surface area contributed by atoms with Crippen molar-refractivity contribution in [1.82, 2.24) is 0 Å². The van der Waals surface area contributed by atoms with Crippen molar-refractivity contribution in [1.29, 1.82) is 0 Å². The van der Waals surface area contributed by atoms with Crippen molar-refractivity contribution < 1.29 is 0 Å². The maximum atomic E-state index is 6.17. The van der Waals surface area contributed by atoms with Gasteiger partial charge in [0.15, 0.2) is 0 Å². The Bertz CT molecular complexity index is 1150. The lowest BCUT2D eigenvalue weighted by atomic mass is 9.70. The Hall–Kier alpha value is -2.99. The molecule has 27 heavy (non-hydrogen) atoms. The second-order valence-corrected chi connectivity index (χ2v) is 7.45. The first-order valence-electron chi connectivity index (χ1n) is 9.21. The van der Waals surface area contributed by atoms with Crippen LogP contribution in [0.3, 0.4) is 0 Å². The van der Waals surface area contributed by atoms with Crippen LogP contribution in [0, 0.1) is 0 Å². The van der Waals surface area contributed by atoms with Crippen molar-refractivity contribution in [2.75, 3.05) is 0 Å². The Kier molecular flexibility index (Phi) is 2.82. The molecule has 1 spiro atoms. The van der Waals surface area contributed by atoms with Gasteiger partial charge in [-0.3, -0.25) is 0 Å². The van der Waals surface area contributed by atoms with E-state index >= 15 is 0 Å². The highest BCUT2D eigenvalue weighted by atomic mass is 14.5. The van der Waals surface area contributed by atoms with E-state index in [2.05, 4.69) is 72.8 Å². The summed E-state index contributed by atoms with van der Waals surface area (Å²) < 4.78 is 0. The van der Waals surface area contributed by atoms with Crippen LogP contribution in [-0.4, -0.2) is 15.7 Å². The Morgan fingerprint density at radius 2 is 0.852 bits per heavy atom. The van der Waals surface area contributed by atoms with E-state index in [0.29, 0.717) is 0 Å². The molecule has 120 valence electrons. The maximum Gasteiger partial charge on any atom is 0.113 e. The monoisotopic (exact) mass is 336 g/mol. The van der Waals surface area contributed by atoms with Crippen LogP contribution in [0.2, 0.25) is 0 Å². The Morgan fingerprint density at radius 3 is 1.33 bits per heavy atom. The molecule has 0 saturated heterocycles. The molecule has 4 aromatic carbocycles. The van der Waals surface area contributed by atoms with Crippen molar-refractivity contribution in [2.24, 2.45) is 0 Å². The summed E-state index contributed by atoms with van der Waals surface area (Å²) in [5, 5.41) is 0. The van der Waals surface area contributed by atoms with Crippen LogP contribution in [0.15, 0.2) is 84.9 Å². The summed E-state index contributed by atoms with van der Waals surface area (Å²) in [7, 11) is 12.3. The molecule has 6 rings (SSSR count). The lowest BCUT2D eigenvalue weighted by Crippen LogP contribution is -2.26. The normalized spacial score (nSPS) is 14.5. The largest absolute Gasteiger partial charge is 0.113 e. The zero-order valence-corrected chi connectivity index (χ0v) is 14.7. The number of fused-ring (bicyclic) bond motifs is 10. The Balaban J connectivity index is 1.86. The smallest absolute Gasteiger partial charge is 0.0960 e. The van der Waals surface area contributed by atoms with E-state index in [0.717, 1.165) is 10.9 Å². The second-order valence-electron chi connectivity index (χ2n) is 7.45. The zero-order valence-electron chi connectivity index (χ0n) is 14.7. The predicted octanol–water partition coefficient (Wildman–Crippen LogP) is 3.62. The first kappa shape index (κ1) is 15.1. The molecule has 0 heterocycles. The van der Waals surface area contributed by atoms with Crippen molar-refractivity contribution in [3.8, 4) is 22.3 Å². The molecule has 0 nitrogen and oxygen atoms in total. The molecule has 0 amide bonds. The fourth-order valence-corrected chi connectivity index (χ4v) is 5.18. The highest BCUT2D eigenvalue weighted by Gasteiger charge is 2.51. The lowest BCUT2D eigenvalue weighted by molar-refractivity contribution is 0.794. The molecule has 0 aliphatic heterocycles. The average molecular weight is 336 g/mol. The van der Waals surface area contributed by atoms with Gasteiger partial charge < -0.3 is 0 Å². The molecule has 2 heteroatoms. The molecule has 0 aromatic heterocycles. The third-order valence-electron chi connectivity index (χ3n) is 6.14. The topological polar surface area (TPSA) is 0 Å². The minimum atomic E-state index is -0.306.